The van der Waals surface area contributed by atoms with Crippen molar-refractivity contribution >= 4 is 5.97 Å². The average molecular weight is 322 g/mol. The number of esters is 1. The summed E-state index contributed by atoms with van der Waals surface area (Å²) in [5.41, 5.74) is 1.94. The molecule has 24 heavy (non-hydrogen) atoms. The first kappa shape index (κ1) is 15.9. The fourth-order valence-corrected chi connectivity index (χ4v) is 2.36. The highest BCUT2D eigenvalue weighted by atomic mass is 16.5. The number of benzene rings is 2. The molecule has 1 aromatic heterocycles. The van der Waals surface area contributed by atoms with E-state index in [1.165, 1.54) is 0 Å². The number of carbonyl (C=O) groups is 1. The van der Waals surface area contributed by atoms with Crippen molar-refractivity contribution in [1.29, 1.82) is 0 Å². The van der Waals surface area contributed by atoms with Gasteiger partial charge in [-0.25, -0.2) is 0 Å². The summed E-state index contributed by atoms with van der Waals surface area (Å²) in [6.07, 6.45) is 0.309. The minimum absolute atomic E-state index is 0.0137. The van der Waals surface area contributed by atoms with E-state index in [1.54, 1.807) is 0 Å². The second-order valence-electron chi connectivity index (χ2n) is 5.54. The van der Waals surface area contributed by atoms with Crippen molar-refractivity contribution in [1.82, 2.24) is 10.2 Å². The number of ether oxygens (including phenoxy) is 1. The predicted molar refractivity (Wildman–Crippen MR) is 89.0 cm³/mol. The quantitative estimate of drug-likeness (QED) is 0.642. The highest BCUT2D eigenvalue weighted by molar-refractivity contribution is 5.70. The lowest BCUT2D eigenvalue weighted by Crippen LogP contribution is -2.08. The van der Waals surface area contributed by atoms with Gasteiger partial charge < -0.3 is 9.15 Å². The Morgan fingerprint density at radius 2 is 1.71 bits per heavy atom. The third-order valence-electron chi connectivity index (χ3n) is 3.69. The van der Waals surface area contributed by atoms with Gasteiger partial charge in [0.1, 0.15) is 0 Å². The van der Waals surface area contributed by atoms with Crippen molar-refractivity contribution < 1.29 is 13.9 Å². The fourth-order valence-electron chi connectivity index (χ4n) is 2.36. The zero-order chi connectivity index (χ0) is 16.8. The molecule has 3 aromatic rings. The highest BCUT2D eigenvalue weighted by Gasteiger charge is 2.14. The summed E-state index contributed by atoms with van der Waals surface area (Å²) in [5.74, 6) is 0.515. The van der Waals surface area contributed by atoms with Crippen LogP contribution in [-0.2, 0) is 16.1 Å². The van der Waals surface area contributed by atoms with Crippen LogP contribution in [0.15, 0.2) is 65.1 Å². The maximum Gasteiger partial charge on any atom is 0.306 e. The molecule has 1 atom stereocenters. The van der Waals surface area contributed by atoms with Gasteiger partial charge in [-0.3, -0.25) is 4.79 Å². The average Bonchev–Trinajstić information content (AvgIpc) is 3.10. The van der Waals surface area contributed by atoms with E-state index < -0.39 is 0 Å². The molecule has 0 saturated heterocycles. The van der Waals surface area contributed by atoms with Gasteiger partial charge in [0.2, 0.25) is 5.89 Å². The number of hydrogen-bond donors (Lipinski definition) is 0. The Bertz CT molecular complexity index is 785. The zero-order valence-electron chi connectivity index (χ0n) is 13.4. The summed E-state index contributed by atoms with van der Waals surface area (Å²) >= 11 is 0. The second kappa shape index (κ2) is 7.55. The highest BCUT2D eigenvalue weighted by Crippen LogP contribution is 2.20. The third kappa shape index (κ3) is 4.07. The molecule has 0 fully saturated rings. The lowest BCUT2D eigenvalue weighted by Gasteiger charge is -2.10. The number of nitrogens with zero attached hydrogens (tertiary/aromatic N) is 2. The summed E-state index contributed by atoms with van der Waals surface area (Å²) in [7, 11) is 0. The largest absolute Gasteiger partial charge is 0.456 e. The van der Waals surface area contributed by atoms with E-state index in [0.717, 1.165) is 11.1 Å². The molecule has 5 heteroatoms. The molecule has 0 amide bonds. The molecule has 0 saturated carbocycles. The van der Waals surface area contributed by atoms with Crippen molar-refractivity contribution in [3.05, 3.63) is 72.1 Å². The first-order valence-electron chi connectivity index (χ1n) is 7.81. The van der Waals surface area contributed by atoms with Crippen LogP contribution in [0.25, 0.3) is 11.5 Å². The van der Waals surface area contributed by atoms with E-state index >= 15 is 0 Å². The third-order valence-corrected chi connectivity index (χ3v) is 3.69. The van der Waals surface area contributed by atoms with Crippen LogP contribution in [-0.4, -0.2) is 16.2 Å². The Kier molecular flexibility index (Phi) is 5.01. The molecule has 0 radical (unpaired) electrons. The number of rotatable bonds is 6. The lowest BCUT2D eigenvalue weighted by atomic mass is 9.98. The van der Waals surface area contributed by atoms with E-state index in [-0.39, 0.29) is 24.4 Å². The summed E-state index contributed by atoms with van der Waals surface area (Å²) in [6.45, 7) is 1.98. The second-order valence-corrected chi connectivity index (χ2v) is 5.54. The lowest BCUT2D eigenvalue weighted by molar-refractivity contribution is -0.146. The van der Waals surface area contributed by atoms with Gasteiger partial charge in [0, 0.05) is 5.56 Å². The normalized spacial score (nSPS) is 11.9. The molecule has 0 unspecified atom stereocenters. The van der Waals surface area contributed by atoms with Gasteiger partial charge in [0.25, 0.3) is 5.89 Å². The Morgan fingerprint density at radius 1 is 1.04 bits per heavy atom. The Balaban J connectivity index is 1.53. The number of carbonyl (C=O) groups excluding carboxylic acids is 1. The van der Waals surface area contributed by atoms with E-state index in [9.17, 15) is 4.79 Å². The molecule has 5 nitrogen and oxygen atoms in total. The van der Waals surface area contributed by atoms with Crippen LogP contribution in [0.1, 0.15) is 30.7 Å². The summed E-state index contributed by atoms with van der Waals surface area (Å²) in [5, 5.41) is 7.87. The van der Waals surface area contributed by atoms with E-state index in [1.807, 2.05) is 67.6 Å². The van der Waals surface area contributed by atoms with E-state index in [4.69, 9.17) is 9.15 Å². The van der Waals surface area contributed by atoms with Crippen LogP contribution < -0.4 is 0 Å². The molecule has 0 aliphatic rings. The van der Waals surface area contributed by atoms with Crippen LogP contribution in [0.2, 0.25) is 0 Å². The minimum atomic E-state index is -0.286. The molecule has 0 N–H and O–H groups in total. The maximum atomic E-state index is 12.0. The molecule has 1 heterocycles. The topological polar surface area (TPSA) is 65.2 Å². The Hall–Kier alpha value is -2.95. The van der Waals surface area contributed by atoms with Crippen molar-refractivity contribution in [2.75, 3.05) is 0 Å². The molecular weight excluding hydrogens is 304 g/mol. The van der Waals surface area contributed by atoms with Crippen LogP contribution in [0.3, 0.4) is 0 Å². The van der Waals surface area contributed by atoms with Gasteiger partial charge in [-0.05, 0) is 23.6 Å². The van der Waals surface area contributed by atoms with Crippen LogP contribution in [0.4, 0.5) is 0 Å². The van der Waals surface area contributed by atoms with E-state index in [0.29, 0.717) is 12.3 Å². The van der Waals surface area contributed by atoms with Crippen LogP contribution in [0, 0.1) is 0 Å². The van der Waals surface area contributed by atoms with Crippen molar-refractivity contribution in [3.63, 3.8) is 0 Å². The summed E-state index contributed by atoms with van der Waals surface area (Å²) in [6, 6.07) is 19.3. The smallest absolute Gasteiger partial charge is 0.306 e. The molecule has 0 aliphatic heterocycles. The molecule has 0 aliphatic carbocycles. The Morgan fingerprint density at radius 3 is 2.42 bits per heavy atom. The number of hydrogen-bond acceptors (Lipinski definition) is 5. The first-order chi connectivity index (χ1) is 11.7. The molecule has 2 aromatic carbocycles. The molecule has 3 rings (SSSR count). The van der Waals surface area contributed by atoms with Gasteiger partial charge in [0.05, 0.1) is 6.42 Å². The number of aromatic nitrogens is 2. The van der Waals surface area contributed by atoms with Crippen LogP contribution >= 0.6 is 0 Å². The SMILES string of the molecule is C[C@@H](CC(=O)OCc1nnc(-c2ccccc2)o1)c1ccccc1. The van der Waals surface area contributed by atoms with Gasteiger partial charge in [0.15, 0.2) is 6.61 Å². The Labute approximate surface area is 140 Å². The minimum Gasteiger partial charge on any atom is -0.456 e. The predicted octanol–water partition coefficient (Wildman–Crippen LogP) is 3.97. The van der Waals surface area contributed by atoms with Crippen molar-refractivity contribution in [3.8, 4) is 11.5 Å². The molecule has 0 spiro atoms. The fraction of sp³-hybridized carbons (Fsp3) is 0.211. The van der Waals surface area contributed by atoms with E-state index in [2.05, 4.69) is 10.2 Å². The van der Waals surface area contributed by atoms with Gasteiger partial charge in [-0.15, -0.1) is 10.2 Å². The van der Waals surface area contributed by atoms with Crippen LogP contribution in [0.5, 0.6) is 0 Å². The molecule has 0 bridgehead atoms. The first-order valence-corrected chi connectivity index (χ1v) is 7.81. The zero-order valence-corrected chi connectivity index (χ0v) is 13.4. The summed E-state index contributed by atoms with van der Waals surface area (Å²) < 4.78 is 10.7. The van der Waals surface area contributed by atoms with Crippen molar-refractivity contribution in [2.24, 2.45) is 0 Å². The van der Waals surface area contributed by atoms with Gasteiger partial charge in [-0.2, -0.15) is 0 Å². The van der Waals surface area contributed by atoms with Gasteiger partial charge >= 0.3 is 5.97 Å². The molecular formula is C19H18N2O3. The standard InChI is InChI=1S/C19H18N2O3/c1-14(15-8-4-2-5-9-15)12-18(22)23-13-17-20-21-19(24-17)16-10-6-3-7-11-16/h2-11,14H,12-13H2,1H3/t14-/m0/s1. The maximum absolute atomic E-state index is 12.0. The van der Waals surface area contributed by atoms with Gasteiger partial charge in [-0.1, -0.05) is 55.5 Å². The van der Waals surface area contributed by atoms with Crippen molar-refractivity contribution in [2.45, 2.75) is 25.9 Å². The molecule has 122 valence electrons. The monoisotopic (exact) mass is 322 g/mol. The summed E-state index contributed by atoms with van der Waals surface area (Å²) in [4.78, 5) is 12.0.